The van der Waals surface area contributed by atoms with Crippen LogP contribution in [-0.2, 0) is 25.6 Å². The van der Waals surface area contributed by atoms with Crippen LogP contribution in [0.4, 0.5) is 0 Å². The van der Waals surface area contributed by atoms with Crippen LogP contribution in [-0.4, -0.2) is 29.7 Å². The van der Waals surface area contributed by atoms with Crippen molar-refractivity contribution in [3.05, 3.63) is 70.3 Å². The Morgan fingerprint density at radius 2 is 1.33 bits per heavy atom. The molecule has 0 amide bonds. The van der Waals surface area contributed by atoms with Crippen molar-refractivity contribution in [3.63, 3.8) is 0 Å². The summed E-state index contributed by atoms with van der Waals surface area (Å²) in [5, 5.41) is 0. The lowest BCUT2D eigenvalue weighted by Crippen LogP contribution is -2.23. The van der Waals surface area contributed by atoms with E-state index in [4.69, 9.17) is 18.9 Å². The van der Waals surface area contributed by atoms with E-state index in [1.807, 2.05) is 39.8 Å². The standard InChI is InChI=1S/C34H40O9/c1-10-20(4)17-30(27-14-12-26(40-22(6)35)18-32(27)42-24(8)37)21(5)33(39)29-15-16-31(41-23(7)36)28(13-11-19(2)3)34(29)43-25(9)38/h10-12,14-16,18,21,30H,13,17H2,1-9H3/b20-10-/t21?,30-/m0/s1. The number of ketones is 1. The van der Waals surface area contributed by atoms with Gasteiger partial charge in [-0.15, -0.1) is 0 Å². The van der Waals surface area contributed by atoms with E-state index < -0.39 is 35.7 Å². The number of ether oxygens (including phenoxy) is 4. The van der Waals surface area contributed by atoms with Gasteiger partial charge in [0.05, 0.1) is 5.56 Å². The smallest absolute Gasteiger partial charge is 0.308 e. The molecular weight excluding hydrogens is 552 g/mol. The first kappa shape index (κ1) is 34.7. The molecule has 0 fully saturated rings. The van der Waals surface area contributed by atoms with E-state index in [-0.39, 0.29) is 40.8 Å². The third-order valence-electron chi connectivity index (χ3n) is 6.65. The van der Waals surface area contributed by atoms with Gasteiger partial charge in [0.25, 0.3) is 0 Å². The van der Waals surface area contributed by atoms with Gasteiger partial charge in [0, 0.05) is 51.2 Å². The first-order valence-electron chi connectivity index (χ1n) is 14.0. The van der Waals surface area contributed by atoms with Crippen LogP contribution < -0.4 is 18.9 Å². The summed E-state index contributed by atoms with van der Waals surface area (Å²) in [4.78, 5) is 62.0. The zero-order chi connectivity index (χ0) is 32.4. The highest BCUT2D eigenvalue weighted by Crippen LogP contribution is 2.42. The van der Waals surface area contributed by atoms with Crippen LogP contribution in [0.25, 0.3) is 0 Å². The maximum atomic E-state index is 14.3. The molecule has 9 heteroatoms. The largest absolute Gasteiger partial charge is 0.427 e. The highest BCUT2D eigenvalue weighted by molar-refractivity contribution is 6.02. The molecule has 1 unspecified atom stereocenters. The van der Waals surface area contributed by atoms with Crippen LogP contribution >= 0.6 is 0 Å². The molecule has 9 nitrogen and oxygen atoms in total. The number of hydrogen-bond acceptors (Lipinski definition) is 9. The van der Waals surface area contributed by atoms with Gasteiger partial charge in [-0.25, -0.2) is 0 Å². The van der Waals surface area contributed by atoms with Crippen LogP contribution in [0.2, 0.25) is 0 Å². The predicted molar refractivity (Wildman–Crippen MR) is 162 cm³/mol. The molecular formula is C34H40O9. The van der Waals surface area contributed by atoms with Crippen molar-refractivity contribution in [2.75, 3.05) is 0 Å². The van der Waals surface area contributed by atoms with Gasteiger partial charge in [0.15, 0.2) is 5.78 Å². The zero-order valence-electron chi connectivity index (χ0n) is 26.3. The molecule has 0 saturated carbocycles. The quantitative estimate of drug-likeness (QED) is 0.113. The minimum Gasteiger partial charge on any atom is -0.427 e. The van der Waals surface area contributed by atoms with E-state index in [2.05, 4.69) is 0 Å². The van der Waals surface area contributed by atoms with Crippen molar-refractivity contribution in [1.82, 2.24) is 0 Å². The molecule has 2 rings (SSSR count). The molecule has 0 aliphatic heterocycles. The summed E-state index contributed by atoms with van der Waals surface area (Å²) in [6.45, 7) is 14.4. The Balaban J connectivity index is 2.78. The molecule has 2 atom stereocenters. The first-order chi connectivity index (χ1) is 20.1. The Hall–Kier alpha value is -4.53. The number of allylic oxidation sites excluding steroid dienone is 4. The lowest BCUT2D eigenvalue weighted by atomic mass is 9.78. The molecule has 0 heterocycles. The van der Waals surface area contributed by atoms with Gasteiger partial charge in [-0.1, -0.05) is 36.3 Å². The third-order valence-corrected chi connectivity index (χ3v) is 6.65. The maximum absolute atomic E-state index is 14.3. The van der Waals surface area contributed by atoms with Gasteiger partial charge in [-0.2, -0.15) is 0 Å². The Bertz CT molecular complexity index is 1460. The van der Waals surface area contributed by atoms with E-state index >= 15 is 0 Å². The average Bonchev–Trinajstić information content (AvgIpc) is 2.89. The number of esters is 4. The number of carbonyl (C=O) groups excluding carboxylic acids is 5. The van der Waals surface area contributed by atoms with Crippen molar-refractivity contribution in [2.45, 2.75) is 81.1 Å². The fraction of sp³-hybridized carbons (Fsp3) is 0.382. The summed E-state index contributed by atoms with van der Waals surface area (Å²) in [6.07, 6.45) is 4.49. The molecule has 0 aliphatic rings. The van der Waals surface area contributed by atoms with Gasteiger partial charge in [-0.3, -0.25) is 24.0 Å². The second-order valence-corrected chi connectivity index (χ2v) is 10.6. The van der Waals surface area contributed by atoms with Crippen LogP contribution in [0, 0.1) is 5.92 Å². The number of rotatable bonds is 12. The van der Waals surface area contributed by atoms with Gasteiger partial charge >= 0.3 is 23.9 Å². The van der Waals surface area contributed by atoms with E-state index in [1.54, 1.807) is 19.1 Å². The highest BCUT2D eigenvalue weighted by atomic mass is 16.6. The fourth-order valence-corrected chi connectivity index (χ4v) is 4.56. The molecule has 0 aromatic heterocycles. The second kappa shape index (κ2) is 15.6. The Labute approximate surface area is 252 Å². The molecule has 43 heavy (non-hydrogen) atoms. The number of Topliss-reactive ketones (excluding diaryl/α,β-unsaturated/α-hetero) is 1. The maximum Gasteiger partial charge on any atom is 0.308 e. The van der Waals surface area contributed by atoms with Crippen molar-refractivity contribution in [3.8, 4) is 23.0 Å². The Morgan fingerprint density at radius 1 is 0.744 bits per heavy atom. The van der Waals surface area contributed by atoms with Crippen LogP contribution in [0.3, 0.4) is 0 Å². The molecule has 0 aliphatic carbocycles. The average molecular weight is 593 g/mol. The molecule has 230 valence electrons. The SMILES string of the molecule is C/C=C(/C)C[C@H](c1ccc(OC(C)=O)cc1OC(C)=O)C(C)C(=O)c1ccc(OC(C)=O)c(CC=C(C)C)c1OC(C)=O. The van der Waals surface area contributed by atoms with Crippen LogP contribution in [0.5, 0.6) is 23.0 Å². The van der Waals surface area contributed by atoms with Gasteiger partial charge in [-0.05, 0) is 64.3 Å². The normalized spacial score (nSPS) is 12.4. The predicted octanol–water partition coefficient (Wildman–Crippen LogP) is 6.86. The van der Waals surface area contributed by atoms with Crippen molar-refractivity contribution >= 4 is 29.7 Å². The molecule has 2 aromatic rings. The second-order valence-electron chi connectivity index (χ2n) is 10.6. The summed E-state index contributed by atoms with van der Waals surface area (Å²) < 4.78 is 21.7. The van der Waals surface area contributed by atoms with E-state index in [1.165, 1.54) is 45.9 Å². The van der Waals surface area contributed by atoms with Gasteiger partial charge < -0.3 is 18.9 Å². The lowest BCUT2D eigenvalue weighted by molar-refractivity contribution is -0.133. The first-order valence-corrected chi connectivity index (χ1v) is 14.0. The van der Waals surface area contributed by atoms with Crippen molar-refractivity contribution in [2.24, 2.45) is 5.92 Å². The molecule has 2 aromatic carbocycles. The number of carbonyl (C=O) groups is 5. The molecule has 0 saturated heterocycles. The summed E-state index contributed by atoms with van der Waals surface area (Å²) in [7, 11) is 0. The van der Waals surface area contributed by atoms with E-state index in [0.29, 0.717) is 17.5 Å². The number of benzene rings is 2. The fourth-order valence-electron chi connectivity index (χ4n) is 4.56. The summed E-state index contributed by atoms with van der Waals surface area (Å²) in [6, 6.07) is 7.70. The van der Waals surface area contributed by atoms with E-state index in [0.717, 1.165) is 11.1 Å². The van der Waals surface area contributed by atoms with Gasteiger partial charge in [0.1, 0.15) is 23.0 Å². The minimum atomic E-state index is -0.714. The zero-order valence-corrected chi connectivity index (χ0v) is 26.3. The molecule has 0 spiro atoms. The topological polar surface area (TPSA) is 122 Å². The van der Waals surface area contributed by atoms with Crippen LogP contribution in [0.1, 0.15) is 96.1 Å². The van der Waals surface area contributed by atoms with E-state index in [9.17, 15) is 24.0 Å². The Kier molecular flexibility index (Phi) is 12.6. The lowest BCUT2D eigenvalue weighted by Gasteiger charge is -2.27. The Morgan fingerprint density at radius 3 is 1.86 bits per heavy atom. The monoisotopic (exact) mass is 592 g/mol. The highest BCUT2D eigenvalue weighted by Gasteiger charge is 2.33. The van der Waals surface area contributed by atoms with Crippen molar-refractivity contribution in [1.29, 1.82) is 0 Å². The van der Waals surface area contributed by atoms with Crippen molar-refractivity contribution < 1.29 is 42.9 Å². The third kappa shape index (κ3) is 10.1. The molecule has 0 bridgehead atoms. The summed E-state index contributed by atoms with van der Waals surface area (Å²) >= 11 is 0. The minimum absolute atomic E-state index is 0.0209. The molecule has 0 N–H and O–H groups in total. The van der Waals surface area contributed by atoms with Crippen LogP contribution in [0.15, 0.2) is 53.6 Å². The summed E-state index contributed by atoms with van der Waals surface area (Å²) in [5.74, 6) is -3.30. The van der Waals surface area contributed by atoms with Gasteiger partial charge in [0.2, 0.25) is 0 Å². The summed E-state index contributed by atoms with van der Waals surface area (Å²) in [5.41, 5.74) is 3.05. The number of hydrogen-bond donors (Lipinski definition) is 0. The molecule has 0 radical (unpaired) electrons.